The number of aryl methyl sites for hydroxylation is 1. The number of hydrogen-bond donors (Lipinski definition) is 0. The highest BCUT2D eigenvalue weighted by molar-refractivity contribution is 6.32. The molecular weight excluding hydrogens is 260 g/mol. The molecule has 0 atom stereocenters. The minimum atomic E-state index is 0.445. The van der Waals surface area contributed by atoms with Crippen molar-refractivity contribution in [1.82, 2.24) is 0 Å². The van der Waals surface area contributed by atoms with Crippen LogP contribution in [0.4, 0.5) is 0 Å². The lowest BCUT2D eigenvalue weighted by Crippen LogP contribution is -1.94. The van der Waals surface area contributed by atoms with Crippen molar-refractivity contribution in [3.63, 3.8) is 0 Å². The summed E-state index contributed by atoms with van der Waals surface area (Å²) in [4.78, 5) is 0. The van der Waals surface area contributed by atoms with Crippen molar-refractivity contribution in [3.05, 3.63) is 64.9 Å². The molecule has 1 heterocycles. The Kier molecular flexibility index (Phi) is 3.18. The average Bonchev–Trinajstić information content (AvgIpc) is 2.83. The molecule has 19 heavy (non-hydrogen) atoms. The van der Waals surface area contributed by atoms with Gasteiger partial charge in [0.15, 0.2) is 0 Å². The normalized spacial score (nSPS) is 10.8. The smallest absolute Gasteiger partial charge is 0.138 e. The van der Waals surface area contributed by atoms with E-state index in [9.17, 15) is 0 Å². The van der Waals surface area contributed by atoms with Crippen molar-refractivity contribution in [2.45, 2.75) is 13.5 Å². The molecule has 0 bridgehead atoms. The molecule has 0 saturated heterocycles. The van der Waals surface area contributed by atoms with E-state index in [0.717, 1.165) is 22.1 Å². The van der Waals surface area contributed by atoms with E-state index >= 15 is 0 Å². The van der Waals surface area contributed by atoms with E-state index in [0.29, 0.717) is 17.4 Å². The fourth-order valence-corrected chi connectivity index (χ4v) is 2.27. The number of fused-ring (bicyclic) bond motifs is 1. The van der Waals surface area contributed by atoms with Gasteiger partial charge in [-0.05, 0) is 24.6 Å². The van der Waals surface area contributed by atoms with E-state index in [-0.39, 0.29) is 0 Å². The maximum absolute atomic E-state index is 6.06. The van der Waals surface area contributed by atoms with Crippen LogP contribution in [0.5, 0.6) is 5.75 Å². The number of benzene rings is 2. The number of hydrogen-bond acceptors (Lipinski definition) is 2. The van der Waals surface area contributed by atoms with Crippen molar-refractivity contribution in [2.75, 3.05) is 0 Å². The third kappa shape index (κ3) is 2.32. The zero-order valence-electron chi connectivity index (χ0n) is 10.5. The number of para-hydroxylation sites is 2. The van der Waals surface area contributed by atoms with Crippen LogP contribution >= 0.6 is 11.6 Å². The van der Waals surface area contributed by atoms with E-state index in [4.69, 9.17) is 20.8 Å². The summed E-state index contributed by atoms with van der Waals surface area (Å²) in [5.41, 5.74) is 3.07. The Hall–Kier alpha value is -1.93. The van der Waals surface area contributed by atoms with Gasteiger partial charge >= 0.3 is 0 Å². The minimum Gasteiger partial charge on any atom is -0.487 e. The molecule has 2 nitrogen and oxygen atoms in total. The molecule has 0 fully saturated rings. The maximum Gasteiger partial charge on any atom is 0.138 e. The van der Waals surface area contributed by atoms with Crippen LogP contribution in [0.3, 0.4) is 0 Å². The lowest BCUT2D eigenvalue weighted by atomic mass is 10.1. The second-order valence-electron chi connectivity index (χ2n) is 4.43. The molecule has 0 aliphatic rings. The highest BCUT2D eigenvalue weighted by Crippen LogP contribution is 2.27. The number of furan rings is 1. The SMILES string of the molecule is Cc1cccc2c(COc3ccccc3Cl)coc12. The van der Waals surface area contributed by atoms with Crippen LogP contribution < -0.4 is 4.74 Å². The van der Waals surface area contributed by atoms with E-state index in [1.165, 1.54) is 0 Å². The lowest BCUT2D eigenvalue weighted by Gasteiger charge is -2.06. The predicted octanol–water partition coefficient (Wildman–Crippen LogP) is 4.97. The summed E-state index contributed by atoms with van der Waals surface area (Å²) in [6, 6.07) is 13.5. The van der Waals surface area contributed by atoms with Gasteiger partial charge < -0.3 is 9.15 Å². The molecule has 2 aromatic carbocycles. The van der Waals surface area contributed by atoms with Gasteiger partial charge in [0.1, 0.15) is 17.9 Å². The first-order chi connectivity index (χ1) is 9.25. The number of ether oxygens (including phenoxy) is 1. The van der Waals surface area contributed by atoms with Crippen molar-refractivity contribution in [1.29, 1.82) is 0 Å². The van der Waals surface area contributed by atoms with E-state index in [1.54, 1.807) is 6.26 Å². The van der Waals surface area contributed by atoms with Crippen molar-refractivity contribution < 1.29 is 9.15 Å². The first-order valence-electron chi connectivity index (χ1n) is 6.09. The van der Waals surface area contributed by atoms with Crippen LogP contribution in [-0.2, 0) is 6.61 Å². The Bertz CT molecular complexity index is 716. The monoisotopic (exact) mass is 272 g/mol. The van der Waals surface area contributed by atoms with Gasteiger partial charge in [0.2, 0.25) is 0 Å². The average molecular weight is 273 g/mol. The molecule has 0 aliphatic heterocycles. The molecule has 0 unspecified atom stereocenters. The fraction of sp³-hybridized carbons (Fsp3) is 0.125. The highest BCUT2D eigenvalue weighted by atomic mass is 35.5. The molecule has 0 aliphatic carbocycles. The molecule has 3 aromatic rings. The van der Waals surface area contributed by atoms with Gasteiger partial charge in [0.25, 0.3) is 0 Å². The molecule has 0 spiro atoms. The van der Waals surface area contributed by atoms with Gasteiger partial charge in [-0.3, -0.25) is 0 Å². The molecule has 1 aromatic heterocycles. The summed E-state index contributed by atoms with van der Waals surface area (Å²) >= 11 is 6.06. The van der Waals surface area contributed by atoms with Gasteiger partial charge in [0.05, 0.1) is 11.3 Å². The zero-order chi connectivity index (χ0) is 13.2. The molecule has 3 rings (SSSR count). The van der Waals surface area contributed by atoms with Crippen LogP contribution in [-0.4, -0.2) is 0 Å². The molecule has 96 valence electrons. The first kappa shape index (κ1) is 12.1. The van der Waals surface area contributed by atoms with Crippen LogP contribution in [0.1, 0.15) is 11.1 Å². The third-order valence-corrected chi connectivity index (χ3v) is 3.41. The van der Waals surface area contributed by atoms with Gasteiger partial charge in [-0.15, -0.1) is 0 Å². The molecule has 0 radical (unpaired) electrons. The molecule has 3 heteroatoms. The third-order valence-electron chi connectivity index (χ3n) is 3.10. The number of rotatable bonds is 3. The van der Waals surface area contributed by atoms with Crippen molar-refractivity contribution in [3.8, 4) is 5.75 Å². The summed E-state index contributed by atoms with van der Waals surface area (Å²) in [6.45, 7) is 2.48. The first-order valence-corrected chi connectivity index (χ1v) is 6.46. The van der Waals surface area contributed by atoms with Crippen LogP contribution in [0, 0.1) is 6.92 Å². The highest BCUT2D eigenvalue weighted by Gasteiger charge is 2.08. The largest absolute Gasteiger partial charge is 0.487 e. The van der Waals surface area contributed by atoms with Crippen LogP contribution in [0.25, 0.3) is 11.0 Å². The standard InChI is InChI=1S/C16H13ClO2/c1-11-5-4-6-13-12(10-19-16(11)13)9-18-15-8-3-2-7-14(15)17/h2-8,10H,9H2,1H3. The van der Waals surface area contributed by atoms with Crippen molar-refractivity contribution >= 4 is 22.6 Å². The van der Waals surface area contributed by atoms with Crippen LogP contribution in [0.2, 0.25) is 5.02 Å². The zero-order valence-corrected chi connectivity index (χ0v) is 11.3. The lowest BCUT2D eigenvalue weighted by molar-refractivity contribution is 0.306. The minimum absolute atomic E-state index is 0.445. The molecule has 0 saturated carbocycles. The second kappa shape index (κ2) is 4.98. The summed E-state index contributed by atoms with van der Waals surface area (Å²) < 4.78 is 11.3. The second-order valence-corrected chi connectivity index (χ2v) is 4.84. The Morgan fingerprint density at radius 3 is 2.79 bits per heavy atom. The van der Waals surface area contributed by atoms with Gasteiger partial charge in [-0.25, -0.2) is 0 Å². The Balaban J connectivity index is 1.87. The Labute approximate surface area is 116 Å². The maximum atomic E-state index is 6.06. The molecule has 0 N–H and O–H groups in total. The molecule has 0 amide bonds. The Morgan fingerprint density at radius 1 is 1.11 bits per heavy atom. The Morgan fingerprint density at radius 2 is 1.95 bits per heavy atom. The summed E-state index contributed by atoms with van der Waals surface area (Å²) in [5.74, 6) is 0.686. The van der Waals surface area contributed by atoms with Gasteiger partial charge in [0, 0.05) is 10.9 Å². The predicted molar refractivity (Wildman–Crippen MR) is 76.7 cm³/mol. The van der Waals surface area contributed by atoms with E-state index in [1.807, 2.05) is 49.4 Å². The fourth-order valence-electron chi connectivity index (χ4n) is 2.08. The van der Waals surface area contributed by atoms with E-state index in [2.05, 4.69) is 0 Å². The summed E-state index contributed by atoms with van der Waals surface area (Å²) in [6.07, 6.45) is 1.74. The molecular formula is C16H13ClO2. The summed E-state index contributed by atoms with van der Waals surface area (Å²) in [7, 11) is 0. The van der Waals surface area contributed by atoms with Gasteiger partial charge in [-0.2, -0.15) is 0 Å². The van der Waals surface area contributed by atoms with Crippen molar-refractivity contribution in [2.24, 2.45) is 0 Å². The number of halogens is 1. The quantitative estimate of drug-likeness (QED) is 0.671. The van der Waals surface area contributed by atoms with Crippen LogP contribution in [0.15, 0.2) is 53.1 Å². The summed E-state index contributed by atoms with van der Waals surface area (Å²) in [5, 5.41) is 1.71. The topological polar surface area (TPSA) is 22.4 Å². The van der Waals surface area contributed by atoms with E-state index < -0.39 is 0 Å². The van der Waals surface area contributed by atoms with Gasteiger partial charge in [-0.1, -0.05) is 41.9 Å².